The van der Waals surface area contributed by atoms with Crippen LogP contribution in [0.15, 0.2) is 24.3 Å². The molecule has 170 valence electrons. The van der Waals surface area contributed by atoms with Gasteiger partial charge in [0.05, 0.1) is 0 Å². The highest BCUT2D eigenvalue weighted by atomic mass is 16.6. The minimum Gasteiger partial charge on any atom is -0.444 e. The number of rotatable bonds is 10. The molecule has 1 aromatic carbocycles. The van der Waals surface area contributed by atoms with E-state index in [4.69, 9.17) is 11.2 Å². The molecule has 0 spiro atoms. The van der Waals surface area contributed by atoms with Crippen molar-refractivity contribution < 1.29 is 19.1 Å². The van der Waals surface area contributed by atoms with Gasteiger partial charge in [0.2, 0.25) is 11.8 Å². The topological polar surface area (TPSA) is 87.7 Å². The number of hydrogen-bond donors (Lipinski definition) is 2. The van der Waals surface area contributed by atoms with E-state index in [0.29, 0.717) is 24.2 Å². The first-order chi connectivity index (χ1) is 14.6. The second-order valence-electron chi connectivity index (χ2n) is 8.20. The fraction of sp³-hybridized carbons (Fsp3) is 0.542. The summed E-state index contributed by atoms with van der Waals surface area (Å²) in [7, 11) is 0. The monoisotopic (exact) mass is 429 g/mol. The first kappa shape index (κ1) is 26.0. The summed E-state index contributed by atoms with van der Waals surface area (Å²) in [6.07, 6.45) is 7.67. The molecule has 1 aromatic rings. The minimum atomic E-state index is -0.827. The summed E-state index contributed by atoms with van der Waals surface area (Å²) in [5, 5.41) is 5.39. The van der Waals surface area contributed by atoms with Crippen LogP contribution in [0.5, 0.6) is 0 Å². The second-order valence-corrected chi connectivity index (χ2v) is 8.20. The van der Waals surface area contributed by atoms with E-state index in [9.17, 15) is 14.4 Å². The van der Waals surface area contributed by atoms with Gasteiger partial charge in [0.15, 0.2) is 0 Å². The molecule has 7 nitrogen and oxygen atoms in total. The molecule has 31 heavy (non-hydrogen) atoms. The molecule has 0 aromatic heterocycles. The van der Waals surface area contributed by atoms with Crippen LogP contribution in [0.2, 0.25) is 0 Å². The van der Waals surface area contributed by atoms with E-state index >= 15 is 0 Å². The number of alkyl carbamates (subject to hydrolysis) is 1. The van der Waals surface area contributed by atoms with Crippen LogP contribution >= 0.6 is 0 Å². The van der Waals surface area contributed by atoms with Crippen LogP contribution in [-0.4, -0.2) is 48.0 Å². The van der Waals surface area contributed by atoms with Crippen molar-refractivity contribution in [3.8, 4) is 12.3 Å². The van der Waals surface area contributed by atoms with Crippen LogP contribution in [0.1, 0.15) is 71.0 Å². The molecule has 0 heterocycles. The third kappa shape index (κ3) is 9.12. The van der Waals surface area contributed by atoms with Gasteiger partial charge in [0, 0.05) is 18.7 Å². The smallest absolute Gasteiger partial charge is 0.408 e. The third-order valence-electron chi connectivity index (χ3n) is 4.48. The van der Waals surface area contributed by atoms with Crippen molar-refractivity contribution >= 4 is 17.9 Å². The number of amides is 3. The molecule has 1 unspecified atom stereocenters. The summed E-state index contributed by atoms with van der Waals surface area (Å²) in [4.78, 5) is 39.3. The molecular formula is C24H35N3O4. The van der Waals surface area contributed by atoms with E-state index < -0.39 is 17.7 Å². The number of benzene rings is 1. The van der Waals surface area contributed by atoms with Crippen molar-refractivity contribution in [3.63, 3.8) is 0 Å². The maximum atomic E-state index is 13.0. The molecule has 2 N–H and O–H groups in total. The maximum absolute atomic E-state index is 13.0. The highest BCUT2D eigenvalue weighted by molar-refractivity contribution is 5.90. The van der Waals surface area contributed by atoms with E-state index in [1.54, 1.807) is 52.0 Å². The number of nitrogens with one attached hydrogen (secondary N) is 2. The minimum absolute atomic E-state index is 0.267. The van der Waals surface area contributed by atoms with Crippen LogP contribution < -0.4 is 10.6 Å². The number of carbonyl (C=O) groups is 3. The Labute approximate surface area is 185 Å². The quantitative estimate of drug-likeness (QED) is 0.441. The summed E-state index contributed by atoms with van der Waals surface area (Å²) < 4.78 is 5.18. The zero-order valence-corrected chi connectivity index (χ0v) is 19.3. The van der Waals surface area contributed by atoms with Crippen molar-refractivity contribution in [2.24, 2.45) is 0 Å². The summed E-state index contributed by atoms with van der Waals surface area (Å²) in [6, 6.07) is 6.16. The number of nitrogens with zero attached hydrogens (tertiary/aromatic N) is 1. The Hall–Kier alpha value is -3.01. The lowest BCUT2D eigenvalue weighted by molar-refractivity contribution is -0.140. The predicted molar refractivity (Wildman–Crippen MR) is 121 cm³/mol. The number of carbonyl (C=O) groups excluding carboxylic acids is 3. The molecule has 0 aliphatic heterocycles. The lowest BCUT2D eigenvalue weighted by Gasteiger charge is -2.30. The van der Waals surface area contributed by atoms with Crippen LogP contribution in [0.3, 0.4) is 0 Å². The molecule has 3 amide bonds. The van der Waals surface area contributed by atoms with Crippen LogP contribution in [-0.2, 0) is 14.3 Å². The van der Waals surface area contributed by atoms with Gasteiger partial charge in [-0.1, -0.05) is 37.8 Å². The van der Waals surface area contributed by atoms with Crippen LogP contribution in [0.4, 0.5) is 4.79 Å². The lowest BCUT2D eigenvalue weighted by atomic mass is 10.0. The van der Waals surface area contributed by atoms with Crippen LogP contribution in [0, 0.1) is 12.3 Å². The van der Waals surface area contributed by atoms with Gasteiger partial charge in [0.25, 0.3) is 0 Å². The Bertz CT molecular complexity index is 775. The number of hydrogen-bond acceptors (Lipinski definition) is 4. The van der Waals surface area contributed by atoms with E-state index in [0.717, 1.165) is 19.3 Å². The summed E-state index contributed by atoms with van der Waals surface area (Å²) in [5.74, 6) is 1.89. The Kier molecular flexibility index (Phi) is 10.6. The molecule has 1 rings (SSSR count). The predicted octanol–water partition coefficient (Wildman–Crippen LogP) is 3.39. The normalized spacial score (nSPS) is 11.7. The highest BCUT2D eigenvalue weighted by Crippen LogP contribution is 2.22. The van der Waals surface area contributed by atoms with Crippen molar-refractivity contribution in [2.75, 3.05) is 19.6 Å². The fourth-order valence-electron chi connectivity index (χ4n) is 2.98. The molecule has 0 radical (unpaired) electrons. The van der Waals surface area contributed by atoms with Gasteiger partial charge < -0.3 is 20.3 Å². The van der Waals surface area contributed by atoms with Gasteiger partial charge in [0.1, 0.15) is 18.2 Å². The van der Waals surface area contributed by atoms with E-state index in [-0.39, 0.29) is 18.4 Å². The average Bonchev–Trinajstić information content (AvgIpc) is 2.72. The zero-order valence-electron chi connectivity index (χ0n) is 19.3. The SMILES string of the molecule is C#Cc1ccc(C(C(=O)NCCCCC)N(CC)C(=O)CNC(=O)OC(C)(C)C)cc1. The number of terminal acetylenes is 1. The molecular weight excluding hydrogens is 394 g/mol. The summed E-state index contributed by atoms with van der Waals surface area (Å²) >= 11 is 0. The van der Waals surface area contributed by atoms with Crippen molar-refractivity contribution in [1.29, 1.82) is 0 Å². The molecule has 0 bridgehead atoms. The Morgan fingerprint density at radius 2 is 1.74 bits per heavy atom. The van der Waals surface area contributed by atoms with Gasteiger partial charge in [-0.15, -0.1) is 6.42 Å². The molecule has 0 fully saturated rings. The molecule has 0 aliphatic rings. The Morgan fingerprint density at radius 1 is 1.10 bits per heavy atom. The molecule has 0 saturated heterocycles. The van der Waals surface area contributed by atoms with Gasteiger partial charge in [-0.25, -0.2) is 4.79 Å². The van der Waals surface area contributed by atoms with Crippen molar-refractivity contribution in [3.05, 3.63) is 35.4 Å². The molecule has 0 saturated carbocycles. The zero-order chi connectivity index (χ0) is 23.4. The van der Waals surface area contributed by atoms with Crippen LogP contribution in [0.25, 0.3) is 0 Å². The summed E-state index contributed by atoms with van der Waals surface area (Å²) in [5.41, 5.74) is 0.670. The number of unbranched alkanes of at least 4 members (excludes halogenated alkanes) is 2. The highest BCUT2D eigenvalue weighted by Gasteiger charge is 2.30. The van der Waals surface area contributed by atoms with E-state index in [1.165, 1.54) is 4.90 Å². The average molecular weight is 430 g/mol. The van der Waals surface area contributed by atoms with Crippen molar-refractivity contribution in [1.82, 2.24) is 15.5 Å². The Morgan fingerprint density at radius 3 is 2.26 bits per heavy atom. The number of ether oxygens (including phenoxy) is 1. The van der Waals surface area contributed by atoms with Crippen molar-refractivity contribution in [2.45, 2.75) is 65.5 Å². The second kappa shape index (κ2) is 12.6. The maximum Gasteiger partial charge on any atom is 0.408 e. The van der Waals surface area contributed by atoms with E-state index in [1.807, 2.05) is 0 Å². The number of likely N-dealkylation sites (N-methyl/N-ethyl adjacent to an activating group) is 1. The van der Waals surface area contributed by atoms with Gasteiger partial charge in [-0.2, -0.15) is 0 Å². The fourth-order valence-corrected chi connectivity index (χ4v) is 2.98. The van der Waals surface area contributed by atoms with Gasteiger partial charge in [-0.05, 0) is 51.8 Å². The van der Waals surface area contributed by atoms with E-state index in [2.05, 4.69) is 23.5 Å². The molecule has 7 heteroatoms. The standard InChI is InChI=1S/C24H35N3O4/c1-7-10-11-16-25-22(29)21(19-14-12-18(8-2)13-15-19)27(9-3)20(28)17-26-23(30)31-24(4,5)6/h2,12-15,21H,7,9-11,16-17H2,1,3-6H3,(H,25,29)(H,26,30). The third-order valence-corrected chi connectivity index (χ3v) is 4.48. The van der Waals surface area contributed by atoms with Gasteiger partial charge >= 0.3 is 6.09 Å². The Balaban J connectivity index is 3.00. The lowest BCUT2D eigenvalue weighted by Crippen LogP contribution is -2.47. The first-order valence-corrected chi connectivity index (χ1v) is 10.7. The largest absolute Gasteiger partial charge is 0.444 e. The van der Waals surface area contributed by atoms with Gasteiger partial charge in [-0.3, -0.25) is 9.59 Å². The molecule has 1 atom stereocenters. The first-order valence-electron chi connectivity index (χ1n) is 10.7. The molecule has 0 aliphatic carbocycles. The summed E-state index contributed by atoms with van der Waals surface area (Å²) in [6.45, 7) is 9.66.